The second-order valence-electron chi connectivity index (χ2n) is 10.4. The van der Waals surface area contributed by atoms with Crippen molar-refractivity contribution in [3.05, 3.63) is 0 Å². The van der Waals surface area contributed by atoms with Gasteiger partial charge in [-0.05, 0) is 54.4 Å². The van der Waals surface area contributed by atoms with Crippen molar-refractivity contribution in [1.82, 2.24) is 25.5 Å². The average molecular weight is 472 g/mol. The highest BCUT2D eigenvalue weighted by atomic mass is 16.7. The molecule has 0 radical (unpaired) electrons. The summed E-state index contributed by atoms with van der Waals surface area (Å²) < 4.78 is 10.8. The number of rotatable bonds is 3. The molecule has 2 atom stereocenters. The van der Waals surface area contributed by atoms with Gasteiger partial charge in [0, 0.05) is 6.54 Å². The minimum atomic E-state index is -0.786. The van der Waals surface area contributed by atoms with E-state index in [0.29, 0.717) is 17.9 Å². The number of carbonyl (C=O) groups excluding carboxylic acids is 4. The van der Waals surface area contributed by atoms with E-state index in [1.807, 2.05) is 0 Å². The first-order valence-corrected chi connectivity index (χ1v) is 10.9. The first kappa shape index (κ1) is 24.8. The number of hydrogen-bond donors (Lipinski definition) is 2. The Labute approximate surface area is 192 Å². The summed E-state index contributed by atoms with van der Waals surface area (Å²) in [7, 11) is 0. The molecule has 0 spiro atoms. The maximum Gasteiger partial charge on any atom is 0.429 e. The lowest BCUT2D eigenvalue weighted by Gasteiger charge is -2.31. The van der Waals surface area contributed by atoms with Crippen molar-refractivity contribution in [2.24, 2.45) is 0 Å². The lowest BCUT2D eigenvalue weighted by atomic mass is 10.0. The molecule has 2 N–H and O–H groups in total. The molecule has 13 heteroatoms. The Bertz CT molecular complexity index is 771. The second-order valence-corrected chi connectivity index (χ2v) is 10.4. The van der Waals surface area contributed by atoms with Crippen LogP contribution in [-0.4, -0.2) is 98.3 Å². The number of hydrazine groups is 1. The monoisotopic (exact) mass is 471 g/mol. The van der Waals surface area contributed by atoms with Crippen molar-refractivity contribution >= 4 is 24.1 Å². The first-order chi connectivity index (χ1) is 15.2. The van der Waals surface area contributed by atoms with Crippen molar-refractivity contribution in [2.45, 2.75) is 83.8 Å². The molecule has 2 bridgehead atoms. The Morgan fingerprint density at radius 2 is 1.42 bits per heavy atom. The van der Waals surface area contributed by atoms with Gasteiger partial charge in [-0.2, -0.15) is 0 Å². The van der Waals surface area contributed by atoms with Crippen LogP contribution in [0.1, 0.15) is 54.4 Å². The average Bonchev–Trinajstić information content (AvgIpc) is 3.20. The van der Waals surface area contributed by atoms with E-state index >= 15 is 0 Å². The highest BCUT2D eigenvalue weighted by Crippen LogP contribution is 2.28. The Kier molecular flexibility index (Phi) is 6.67. The molecular formula is C20H33N5O8. The predicted octanol–water partition coefficient (Wildman–Crippen LogP) is 1.46. The number of nitrogens with zero attached hydrogens (tertiary/aromatic N) is 4. The summed E-state index contributed by atoms with van der Waals surface area (Å²) in [4.78, 5) is 56.9. The lowest BCUT2D eigenvalue weighted by Crippen LogP contribution is -2.50. The van der Waals surface area contributed by atoms with Crippen LogP contribution in [0, 0.1) is 0 Å². The topological polar surface area (TPSA) is 141 Å². The van der Waals surface area contributed by atoms with Gasteiger partial charge in [0.25, 0.3) is 5.91 Å². The Morgan fingerprint density at radius 1 is 0.909 bits per heavy atom. The minimum absolute atomic E-state index is 0.0613. The van der Waals surface area contributed by atoms with Crippen molar-refractivity contribution in [3.63, 3.8) is 0 Å². The highest BCUT2D eigenvalue weighted by molar-refractivity contribution is 5.88. The van der Waals surface area contributed by atoms with Crippen LogP contribution >= 0.6 is 0 Å². The van der Waals surface area contributed by atoms with Crippen molar-refractivity contribution < 1.29 is 38.7 Å². The van der Waals surface area contributed by atoms with E-state index in [2.05, 4.69) is 5.48 Å². The van der Waals surface area contributed by atoms with Crippen LogP contribution < -0.4 is 5.48 Å². The summed E-state index contributed by atoms with van der Waals surface area (Å²) in [6, 6.07) is -1.72. The Morgan fingerprint density at radius 3 is 1.91 bits per heavy atom. The van der Waals surface area contributed by atoms with Crippen LogP contribution in [-0.2, 0) is 19.1 Å². The van der Waals surface area contributed by atoms with Crippen LogP contribution in [0.15, 0.2) is 0 Å². The van der Waals surface area contributed by atoms with Gasteiger partial charge in [0.1, 0.15) is 23.3 Å². The number of piperidine rings is 1. The van der Waals surface area contributed by atoms with Gasteiger partial charge in [-0.15, -0.1) is 0 Å². The van der Waals surface area contributed by atoms with Gasteiger partial charge in [-0.1, -0.05) is 0 Å². The molecule has 33 heavy (non-hydrogen) atoms. The predicted molar refractivity (Wildman–Crippen MR) is 111 cm³/mol. The largest absolute Gasteiger partial charge is 0.442 e. The van der Waals surface area contributed by atoms with Gasteiger partial charge < -0.3 is 14.4 Å². The minimum Gasteiger partial charge on any atom is -0.442 e. The van der Waals surface area contributed by atoms with Crippen molar-refractivity contribution in [3.8, 4) is 0 Å². The molecular weight excluding hydrogens is 438 g/mol. The summed E-state index contributed by atoms with van der Waals surface area (Å²) in [6.07, 6.45) is -1.40. The van der Waals surface area contributed by atoms with Crippen LogP contribution in [0.2, 0.25) is 0 Å². The van der Waals surface area contributed by atoms with Gasteiger partial charge in [-0.25, -0.2) is 34.9 Å². The van der Waals surface area contributed by atoms with Gasteiger partial charge >= 0.3 is 18.2 Å². The molecule has 0 aromatic rings. The molecule has 186 valence electrons. The lowest BCUT2D eigenvalue weighted by molar-refractivity contribution is -0.142. The number of hydroxylamine groups is 3. The van der Waals surface area contributed by atoms with Gasteiger partial charge in [0.2, 0.25) is 0 Å². The van der Waals surface area contributed by atoms with Crippen LogP contribution in [0.3, 0.4) is 0 Å². The number of amides is 5. The fourth-order valence-corrected chi connectivity index (χ4v) is 3.82. The van der Waals surface area contributed by atoms with E-state index in [-0.39, 0.29) is 25.7 Å². The molecule has 0 aromatic carbocycles. The fourth-order valence-electron chi connectivity index (χ4n) is 3.82. The zero-order chi connectivity index (χ0) is 24.7. The number of ether oxygens (including phenoxy) is 2. The second kappa shape index (κ2) is 8.86. The molecule has 2 unspecified atom stereocenters. The van der Waals surface area contributed by atoms with E-state index in [1.165, 1.54) is 4.90 Å². The van der Waals surface area contributed by atoms with Crippen molar-refractivity contribution in [1.29, 1.82) is 0 Å². The Hall–Kier alpha value is -2.80. The maximum atomic E-state index is 12.7. The number of fused-ring (bicyclic) bond motifs is 2. The Balaban J connectivity index is 1.63. The fraction of sp³-hybridized carbons (Fsp3) is 0.800. The summed E-state index contributed by atoms with van der Waals surface area (Å²) in [5, 5.41) is 12.6. The van der Waals surface area contributed by atoms with Crippen molar-refractivity contribution in [2.75, 3.05) is 19.6 Å². The van der Waals surface area contributed by atoms with Gasteiger partial charge in [-0.3, -0.25) is 14.8 Å². The molecule has 3 aliphatic rings. The maximum absolute atomic E-state index is 12.7. The van der Waals surface area contributed by atoms with Crippen LogP contribution in [0.25, 0.3) is 0 Å². The molecule has 0 aliphatic carbocycles. The molecule has 0 saturated carbocycles. The smallest absolute Gasteiger partial charge is 0.429 e. The summed E-state index contributed by atoms with van der Waals surface area (Å²) >= 11 is 0. The van der Waals surface area contributed by atoms with Crippen LogP contribution in [0.4, 0.5) is 14.4 Å². The SMILES string of the molecule is CC(C)(C)OC(=O)N1CC(ONC(=O)C2CCC3CN2C(=O)N3O)CN1C(=O)OC(C)(C)C. The zero-order valence-corrected chi connectivity index (χ0v) is 19.9. The van der Waals surface area contributed by atoms with E-state index in [0.717, 1.165) is 10.0 Å². The third-order valence-electron chi connectivity index (χ3n) is 5.23. The van der Waals surface area contributed by atoms with Crippen LogP contribution in [0.5, 0.6) is 0 Å². The zero-order valence-electron chi connectivity index (χ0n) is 19.9. The normalized spacial score (nSPS) is 23.8. The van der Waals surface area contributed by atoms with E-state index in [9.17, 15) is 24.4 Å². The first-order valence-electron chi connectivity index (χ1n) is 10.9. The molecule has 3 saturated heterocycles. The van der Waals surface area contributed by atoms with E-state index in [4.69, 9.17) is 14.3 Å². The highest BCUT2D eigenvalue weighted by Gasteiger charge is 2.47. The number of nitrogens with one attached hydrogen (secondary N) is 1. The molecule has 0 aromatic heterocycles. The number of urea groups is 1. The molecule has 3 rings (SSSR count). The molecule has 5 amide bonds. The quantitative estimate of drug-likeness (QED) is 0.466. The number of hydrogen-bond acceptors (Lipinski definition) is 8. The summed E-state index contributed by atoms with van der Waals surface area (Å²) in [5.41, 5.74) is 0.765. The van der Waals surface area contributed by atoms with E-state index < -0.39 is 47.5 Å². The third kappa shape index (κ3) is 5.77. The summed E-state index contributed by atoms with van der Waals surface area (Å²) in [6.45, 7) is 10.4. The molecule has 3 fully saturated rings. The molecule has 3 aliphatic heterocycles. The van der Waals surface area contributed by atoms with Gasteiger partial charge in [0.15, 0.2) is 0 Å². The number of carbonyl (C=O) groups is 4. The van der Waals surface area contributed by atoms with E-state index in [1.54, 1.807) is 41.5 Å². The molecule has 13 nitrogen and oxygen atoms in total. The standard InChI is InChI=1S/C20H33N5O8/c1-19(2,3)31-17(28)23-10-13(11-24(23)18(29)32-20(4,5)6)33-21-15(26)14-8-7-12-9-22(14)16(27)25(12)30/h12-14,30H,7-11H2,1-6H3,(H,21,26). The van der Waals surface area contributed by atoms with Gasteiger partial charge in [0.05, 0.1) is 19.1 Å². The third-order valence-corrected chi connectivity index (χ3v) is 5.23. The molecule has 3 heterocycles. The summed E-state index contributed by atoms with van der Waals surface area (Å²) in [5.74, 6) is -0.545.